The first-order valence-corrected chi connectivity index (χ1v) is 8.23. The maximum atomic E-state index is 4.55. The Kier molecular flexibility index (Phi) is 5.13. The van der Waals surface area contributed by atoms with Crippen LogP contribution in [0.25, 0.3) is 0 Å². The molecule has 1 aliphatic rings. The first-order chi connectivity index (χ1) is 8.74. The molecule has 0 aromatic carbocycles. The fraction of sp³-hybridized carbons (Fsp3) is 0.786. The second kappa shape index (κ2) is 6.62. The van der Waals surface area contributed by atoms with Gasteiger partial charge in [-0.2, -0.15) is 16.9 Å². The van der Waals surface area contributed by atoms with Crippen molar-refractivity contribution < 1.29 is 0 Å². The monoisotopic (exact) mass is 267 g/mol. The normalized spacial score (nSPS) is 23.7. The molecule has 2 heterocycles. The molecule has 1 saturated heterocycles. The minimum Gasteiger partial charge on any atom is -0.313 e. The van der Waals surface area contributed by atoms with Gasteiger partial charge in [-0.1, -0.05) is 13.8 Å². The van der Waals surface area contributed by atoms with Crippen LogP contribution in [0.2, 0.25) is 0 Å². The van der Waals surface area contributed by atoms with Crippen LogP contribution >= 0.6 is 11.8 Å². The molecule has 2 unspecified atom stereocenters. The van der Waals surface area contributed by atoms with Crippen molar-refractivity contribution >= 4 is 11.8 Å². The van der Waals surface area contributed by atoms with Crippen molar-refractivity contribution in [2.75, 3.05) is 18.1 Å². The molecule has 102 valence electrons. The molecule has 3 nitrogen and oxygen atoms in total. The number of hydrogen-bond acceptors (Lipinski definition) is 3. The molecule has 4 heteroatoms. The number of thioether (sulfide) groups is 1. The van der Waals surface area contributed by atoms with Gasteiger partial charge in [0.25, 0.3) is 0 Å². The Labute approximate surface area is 115 Å². The average Bonchev–Trinajstić information content (AvgIpc) is 2.95. The summed E-state index contributed by atoms with van der Waals surface area (Å²) in [7, 11) is 2.07. The summed E-state index contributed by atoms with van der Waals surface area (Å²) in [5.74, 6) is 3.32. The summed E-state index contributed by atoms with van der Waals surface area (Å²) in [6, 6.07) is 2.97. The van der Waals surface area contributed by atoms with Gasteiger partial charge >= 0.3 is 0 Å². The van der Waals surface area contributed by atoms with Crippen LogP contribution in [0.4, 0.5) is 0 Å². The first-order valence-electron chi connectivity index (χ1n) is 7.07. The van der Waals surface area contributed by atoms with Crippen LogP contribution in [0, 0.1) is 5.92 Å². The molecule has 1 N–H and O–H groups in total. The van der Waals surface area contributed by atoms with Crippen molar-refractivity contribution in [1.29, 1.82) is 0 Å². The number of rotatable bonds is 6. The minimum absolute atomic E-state index is 0.690. The Bertz CT molecular complexity index is 375. The molecule has 0 radical (unpaired) electrons. The predicted octanol–water partition coefficient (Wildman–Crippen LogP) is 2.26. The lowest BCUT2D eigenvalue weighted by atomic mass is 9.97. The Morgan fingerprint density at radius 2 is 2.28 bits per heavy atom. The second-order valence-electron chi connectivity index (χ2n) is 5.17. The van der Waals surface area contributed by atoms with Crippen LogP contribution in [-0.4, -0.2) is 33.9 Å². The summed E-state index contributed by atoms with van der Waals surface area (Å²) in [4.78, 5) is 0. The van der Waals surface area contributed by atoms with Gasteiger partial charge < -0.3 is 5.32 Å². The molecule has 18 heavy (non-hydrogen) atoms. The second-order valence-corrected chi connectivity index (χ2v) is 6.24. The summed E-state index contributed by atoms with van der Waals surface area (Å²) < 4.78 is 2.07. The molecule has 2 atom stereocenters. The lowest BCUT2D eigenvalue weighted by Crippen LogP contribution is -2.37. The molecule has 0 bridgehead atoms. The first kappa shape index (κ1) is 13.9. The van der Waals surface area contributed by atoms with E-state index in [1.165, 1.54) is 29.3 Å². The molecule has 0 saturated carbocycles. The van der Waals surface area contributed by atoms with E-state index in [1.54, 1.807) is 0 Å². The van der Waals surface area contributed by atoms with Crippen molar-refractivity contribution in [3.8, 4) is 0 Å². The quantitative estimate of drug-likeness (QED) is 0.857. The van der Waals surface area contributed by atoms with Crippen LogP contribution < -0.4 is 5.32 Å². The van der Waals surface area contributed by atoms with E-state index < -0.39 is 0 Å². The van der Waals surface area contributed by atoms with Crippen LogP contribution in [0.5, 0.6) is 0 Å². The largest absolute Gasteiger partial charge is 0.313 e. The van der Waals surface area contributed by atoms with Gasteiger partial charge in [-0.25, -0.2) is 0 Å². The maximum Gasteiger partial charge on any atom is 0.0624 e. The van der Waals surface area contributed by atoms with Gasteiger partial charge in [0.1, 0.15) is 0 Å². The van der Waals surface area contributed by atoms with Crippen LogP contribution in [0.3, 0.4) is 0 Å². The van der Waals surface area contributed by atoms with Gasteiger partial charge in [-0.3, -0.25) is 4.68 Å². The number of hydrogen-bond donors (Lipinski definition) is 1. The standard InChI is InChI=1S/C14H25N3S/c1-4-6-15-14-10-18-9-11(14)7-13-8-12(5-2)16-17(13)3/h8,11,14-15H,4-7,9-10H2,1-3H3. The third kappa shape index (κ3) is 3.29. The molecule has 0 amide bonds. The van der Waals surface area contributed by atoms with E-state index in [1.807, 2.05) is 0 Å². The Morgan fingerprint density at radius 3 is 2.94 bits per heavy atom. The van der Waals surface area contributed by atoms with E-state index in [0.29, 0.717) is 6.04 Å². The smallest absolute Gasteiger partial charge is 0.0624 e. The topological polar surface area (TPSA) is 29.9 Å². The van der Waals surface area contributed by atoms with Gasteiger partial charge in [0.15, 0.2) is 0 Å². The van der Waals surface area contributed by atoms with Crippen molar-refractivity contribution in [2.24, 2.45) is 13.0 Å². The number of nitrogens with one attached hydrogen (secondary N) is 1. The van der Waals surface area contributed by atoms with Gasteiger partial charge in [-0.15, -0.1) is 0 Å². The van der Waals surface area contributed by atoms with Crippen LogP contribution in [0.15, 0.2) is 6.07 Å². The Balaban J connectivity index is 1.96. The van der Waals surface area contributed by atoms with E-state index >= 15 is 0 Å². The van der Waals surface area contributed by atoms with E-state index in [4.69, 9.17) is 0 Å². The highest BCUT2D eigenvalue weighted by Gasteiger charge is 2.28. The van der Waals surface area contributed by atoms with Gasteiger partial charge in [0.05, 0.1) is 5.69 Å². The minimum atomic E-state index is 0.690. The zero-order valence-corrected chi connectivity index (χ0v) is 12.6. The fourth-order valence-corrected chi connectivity index (χ4v) is 3.99. The highest BCUT2D eigenvalue weighted by atomic mass is 32.2. The SMILES string of the molecule is CCCNC1CSCC1Cc1cc(CC)nn1C. The van der Waals surface area contributed by atoms with Crippen molar-refractivity contribution in [2.45, 2.75) is 39.2 Å². The van der Waals surface area contributed by atoms with E-state index in [9.17, 15) is 0 Å². The highest BCUT2D eigenvalue weighted by molar-refractivity contribution is 7.99. The lowest BCUT2D eigenvalue weighted by Gasteiger charge is -2.19. The zero-order valence-electron chi connectivity index (χ0n) is 11.8. The molecule has 1 fully saturated rings. The molecule has 0 aliphatic carbocycles. The van der Waals surface area contributed by atoms with E-state index in [2.05, 4.69) is 53.8 Å². The summed E-state index contributed by atoms with van der Waals surface area (Å²) in [6.45, 7) is 5.55. The van der Waals surface area contributed by atoms with Crippen LogP contribution in [0.1, 0.15) is 31.7 Å². The summed E-state index contributed by atoms with van der Waals surface area (Å²) >= 11 is 2.09. The maximum absolute atomic E-state index is 4.55. The molecule has 1 aromatic heterocycles. The molecule has 0 spiro atoms. The van der Waals surface area contributed by atoms with Crippen molar-refractivity contribution in [1.82, 2.24) is 15.1 Å². The molecular formula is C14H25N3S. The summed E-state index contributed by atoms with van der Waals surface area (Å²) in [5.41, 5.74) is 2.61. The highest BCUT2D eigenvalue weighted by Crippen LogP contribution is 2.27. The molecule has 2 rings (SSSR count). The van der Waals surface area contributed by atoms with Crippen molar-refractivity contribution in [3.05, 3.63) is 17.5 Å². The van der Waals surface area contributed by atoms with Crippen molar-refractivity contribution in [3.63, 3.8) is 0 Å². The average molecular weight is 267 g/mol. The fourth-order valence-electron chi connectivity index (χ4n) is 2.56. The van der Waals surface area contributed by atoms with Crippen LogP contribution in [-0.2, 0) is 19.9 Å². The Morgan fingerprint density at radius 1 is 1.44 bits per heavy atom. The van der Waals surface area contributed by atoms with Gasteiger partial charge in [0, 0.05) is 24.5 Å². The lowest BCUT2D eigenvalue weighted by molar-refractivity contribution is 0.417. The van der Waals surface area contributed by atoms with E-state index in [-0.39, 0.29) is 0 Å². The summed E-state index contributed by atoms with van der Waals surface area (Å²) in [5, 5.41) is 8.24. The third-order valence-electron chi connectivity index (χ3n) is 3.72. The zero-order chi connectivity index (χ0) is 13.0. The van der Waals surface area contributed by atoms with Gasteiger partial charge in [0.2, 0.25) is 0 Å². The molecule has 1 aromatic rings. The number of nitrogens with zero attached hydrogens (tertiary/aromatic N) is 2. The van der Waals surface area contributed by atoms with Gasteiger partial charge in [-0.05, 0) is 43.5 Å². The molecule has 1 aliphatic heterocycles. The predicted molar refractivity (Wildman–Crippen MR) is 79.2 cm³/mol. The summed E-state index contributed by atoms with van der Waals surface area (Å²) in [6.07, 6.45) is 3.42. The third-order valence-corrected chi connectivity index (χ3v) is 4.97. The van der Waals surface area contributed by atoms with E-state index in [0.717, 1.165) is 25.3 Å². The Hall–Kier alpha value is -0.480. The number of aryl methyl sites for hydroxylation is 2. The number of aromatic nitrogens is 2. The molecular weight excluding hydrogens is 242 g/mol.